The van der Waals surface area contributed by atoms with Crippen LogP contribution in [0.25, 0.3) is 10.6 Å². The van der Waals surface area contributed by atoms with E-state index in [1.54, 1.807) is 22.7 Å². The van der Waals surface area contributed by atoms with Crippen LogP contribution < -0.4 is 5.32 Å². The van der Waals surface area contributed by atoms with Crippen LogP contribution in [0.4, 0.5) is 13.9 Å². The van der Waals surface area contributed by atoms with Crippen LogP contribution in [0.3, 0.4) is 0 Å². The third kappa shape index (κ3) is 6.17. The standard InChI is InChI=1S/C10H13N3S2.C8H6F2O.C2H6/c1-5-9(15-7(3)12-5)8-6(2)14-10(11-4)13-8;9-7-2-1-3-8(10)6(7)4-5-11;1-2/h1-4H3,(H,11,13);1-3,5H,4H2;1-2H3. The Hall–Kier alpha value is -2.19. The summed E-state index contributed by atoms with van der Waals surface area (Å²) in [6.07, 6.45) is 0.264. The molecule has 0 unspecified atom stereocenters. The predicted octanol–water partition coefficient (Wildman–Crippen LogP) is 5.97. The van der Waals surface area contributed by atoms with Gasteiger partial charge in [0.2, 0.25) is 0 Å². The number of thiazole rings is 2. The van der Waals surface area contributed by atoms with E-state index in [9.17, 15) is 13.6 Å². The van der Waals surface area contributed by atoms with Gasteiger partial charge >= 0.3 is 0 Å². The second-order valence-electron chi connectivity index (χ2n) is 5.39. The van der Waals surface area contributed by atoms with Crippen molar-refractivity contribution in [3.63, 3.8) is 0 Å². The lowest BCUT2D eigenvalue weighted by atomic mass is 10.1. The zero-order chi connectivity index (χ0) is 21.3. The minimum absolute atomic E-state index is 0.164. The fraction of sp³-hybridized carbons (Fsp3) is 0.350. The van der Waals surface area contributed by atoms with Gasteiger partial charge in [-0.2, -0.15) is 0 Å². The van der Waals surface area contributed by atoms with Crippen molar-refractivity contribution in [2.45, 2.75) is 41.0 Å². The van der Waals surface area contributed by atoms with Crippen molar-refractivity contribution in [2.75, 3.05) is 12.4 Å². The molecule has 0 spiro atoms. The van der Waals surface area contributed by atoms with Crippen LogP contribution in [0.2, 0.25) is 0 Å². The highest BCUT2D eigenvalue weighted by Gasteiger charge is 2.14. The monoisotopic (exact) mass is 425 g/mol. The summed E-state index contributed by atoms with van der Waals surface area (Å²) in [4.78, 5) is 21.4. The summed E-state index contributed by atoms with van der Waals surface area (Å²) in [5, 5.41) is 5.14. The van der Waals surface area contributed by atoms with Gasteiger partial charge in [-0.25, -0.2) is 18.7 Å². The lowest BCUT2D eigenvalue weighted by molar-refractivity contribution is -0.107. The second-order valence-corrected chi connectivity index (χ2v) is 7.80. The molecule has 0 saturated heterocycles. The Kier molecular flexibility index (Phi) is 9.89. The Morgan fingerprint density at radius 3 is 2.11 bits per heavy atom. The number of halogens is 2. The molecule has 2 heterocycles. The van der Waals surface area contributed by atoms with Gasteiger partial charge in [-0.05, 0) is 32.9 Å². The van der Waals surface area contributed by atoms with Crippen molar-refractivity contribution in [3.05, 3.63) is 51.0 Å². The molecule has 28 heavy (non-hydrogen) atoms. The molecule has 1 N–H and O–H groups in total. The number of nitrogens with one attached hydrogen (secondary N) is 1. The molecular formula is C20H25F2N3OS2. The molecule has 2 aromatic heterocycles. The molecule has 0 amide bonds. The first-order valence-electron chi connectivity index (χ1n) is 8.83. The van der Waals surface area contributed by atoms with Gasteiger partial charge in [0.1, 0.15) is 17.9 Å². The average molecular weight is 426 g/mol. The molecule has 0 fully saturated rings. The van der Waals surface area contributed by atoms with Crippen LogP contribution in [0.1, 0.15) is 35.0 Å². The Morgan fingerprint density at radius 2 is 1.68 bits per heavy atom. The van der Waals surface area contributed by atoms with E-state index in [0.29, 0.717) is 6.29 Å². The van der Waals surface area contributed by atoms with E-state index in [1.165, 1.54) is 15.8 Å². The average Bonchev–Trinajstić information content (AvgIpc) is 3.21. The van der Waals surface area contributed by atoms with Crippen LogP contribution in [-0.2, 0) is 11.2 Å². The summed E-state index contributed by atoms with van der Waals surface area (Å²) in [6.45, 7) is 10.2. The molecule has 152 valence electrons. The molecule has 0 radical (unpaired) electrons. The molecule has 3 aromatic rings. The number of aromatic nitrogens is 2. The number of nitrogens with zero attached hydrogens (tertiary/aromatic N) is 2. The van der Waals surface area contributed by atoms with E-state index in [2.05, 4.69) is 22.2 Å². The van der Waals surface area contributed by atoms with Crippen molar-refractivity contribution in [1.82, 2.24) is 9.97 Å². The molecule has 0 aliphatic carbocycles. The zero-order valence-corrected chi connectivity index (χ0v) is 18.5. The van der Waals surface area contributed by atoms with Gasteiger partial charge < -0.3 is 10.1 Å². The van der Waals surface area contributed by atoms with E-state index in [1.807, 2.05) is 34.7 Å². The van der Waals surface area contributed by atoms with Crippen LogP contribution in [0.5, 0.6) is 0 Å². The first-order valence-corrected chi connectivity index (χ1v) is 10.5. The maximum absolute atomic E-state index is 12.6. The molecule has 4 nitrogen and oxygen atoms in total. The molecule has 0 saturated carbocycles. The topological polar surface area (TPSA) is 54.9 Å². The highest BCUT2D eigenvalue weighted by atomic mass is 32.1. The third-order valence-electron chi connectivity index (χ3n) is 3.48. The quantitative estimate of drug-likeness (QED) is 0.524. The van der Waals surface area contributed by atoms with Gasteiger partial charge in [0.15, 0.2) is 5.13 Å². The predicted molar refractivity (Wildman–Crippen MR) is 114 cm³/mol. The highest BCUT2D eigenvalue weighted by molar-refractivity contribution is 7.17. The number of carbonyl (C=O) groups is 1. The third-order valence-corrected chi connectivity index (χ3v) is 5.55. The molecule has 0 bridgehead atoms. The number of hydrogen-bond donors (Lipinski definition) is 1. The van der Waals surface area contributed by atoms with E-state index in [4.69, 9.17) is 0 Å². The first-order chi connectivity index (χ1) is 13.4. The number of carbonyl (C=O) groups excluding carboxylic acids is 1. The summed E-state index contributed by atoms with van der Waals surface area (Å²) in [5.41, 5.74) is 1.99. The molecular weight excluding hydrogens is 400 g/mol. The lowest BCUT2D eigenvalue weighted by Gasteiger charge is -1.98. The van der Waals surface area contributed by atoms with Crippen LogP contribution in [0.15, 0.2) is 18.2 Å². The summed E-state index contributed by atoms with van der Waals surface area (Å²) in [6, 6.07) is 3.52. The number of benzene rings is 1. The van der Waals surface area contributed by atoms with Gasteiger partial charge in [-0.15, -0.1) is 22.7 Å². The smallest absolute Gasteiger partial charge is 0.183 e. The largest absolute Gasteiger partial charge is 0.365 e. The number of hydrogen-bond acceptors (Lipinski definition) is 6. The second kappa shape index (κ2) is 11.6. The fourth-order valence-corrected chi connectivity index (χ4v) is 4.08. The maximum atomic E-state index is 12.6. The van der Waals surface area contributed by atoms with E-state index in [0.717, 1.165) is 33.7 Å². The molecule has 1 aromatic carbocycles. The van der Waals surface area contributed by atoms with Gasteiger partial charge in [-0.1, -0.05) is 19.9 Å². The van der Waals surface area contributed by atoms with Crippen molar-refractivity contribution in [3.8, 4) is 10.6 Å². The number of aryl methyl sites for hydroxylation is 3. The minimum Gasteiger partial charge on any atom is -0.365 e. The maximum Gasteiger partial charge on any atom is 0.183 e. The van der Waals surface area contributed by atoms with Crippen molar-refractivity contribution in [2.24, 2.45) is 0 Å². The normalized spacial score (nSPS) is 9.71. The van der Waals surface area contributed by atoms with E-state index in [-0.39, 0.29) is 12.0 Å². The van der Waals surface area contributed by atoms with Crippen LogP contribution >= 0.6 is 22.7 Å². The lowest BCUT2D eigenvalue weighted by Crippen LogP contribution is -1.95. The number of rotatable bonds is 4. The number of anilines is 1. The highest BCUT2D eigenvalue weighted by Crippen LogP contribution is 2.35. The Balaban J connectivity index is 0.000000268. The summed E-state index contributed by atoms with van der Waals surface area (Å²) in [7, 11) is 1.90. The number of aldehydes is 1. The Bertz CT molecular complexity index is 887. The zero-order valence-electron chi connectivity index (χ0n) is 16.9. The van der Waals surface area contributed by atoms with Gasteiger partial charge in [0, 0.05) is 23.9 Å². The van der Waals surface area contributed by atoms with E-state index < -0.39 is 11.6 Å². The van der Waals surface area contributed by atoms with Crippen molar-refractivity contribution < 1.29 is 13.6 Å². The Morgan fingerprint density at radius 1 is 1.07 bits per heavy atom. The van der Waals surface area contributed by atoms with Crippen LogP contribution in [0, 0.1) is 32.4 Å². The molecule has 8 heteroatoms. The van der Waals surface area contributed by atoms with Crippen molar-refractivity contribution in [1.29, 1.82) is 0 Å². The molecule has 0 aliphatic heterocycles. The molecule has 0 atom stereocenters. The first kappa shape index (κ1) is 23.8. The molecule has 0 aliphatic rings. The van der Waals surface area contributed by atoms with Gasteiger partial charge in [-0.3, -0.25) is 0 Å². The fourth-order valence-electron chi connectivity index (χ4n) is 2.28. The molecule has 3 rings (SSSR count). The summed E-state index contributed by atoms with van der Waals surface area (Å²) in [5.74, 6) is -1.34. The minimum atomic E-state index is -0.669. The van der Waals surface area contributed by atoms with Crippen molar-refractivity contribution >= 4 is 34.1 Å². The Labute approximate surface area is 172 Å². The summed E-state index contributed by atoms with van der Waals surface area (Å²) >= 11 is 3.39. The van der Waals surface area contributed by atoms with Gasteiger partial charge in [0.25, 0.3) is 0 Å². The SMILES string of the molecule is CC.CNc1nc(-c2sc(C)nc2C)c(C)s1.O=CCc1c(F)cccc1F. The van der Waals surface area contributed by atoms with E-state index >= 15 is 0 Å². The van der Waals surface area contributed by atoms with Crippen LogP contribution in [-0.4, -0.2) is 23.3 Å². The summed E-state index contributed by atoms with van der Waals surface area (Å²) < 4.78 is 25.3. The van der Waals surface area contributed by atoms with Gasteiger partial charge in [0.05, 0.1) is 21.3 Å².